The Morgan fingerprint density at radius 1 is 1.30 bits per heavy atom. The normalized spacial score (nSPS) is 9.85. The fourth-order valence-electron chi connectivity index (χ4n) is 1.63. The maximum absolute atomic E-state index is 12.9. The quantitative estimate of drug-likeness (QED) is 0.833. The van der Waals surface area contributed by atoms with E-state index in [0.717, 1.165) is 12.1 Å². The molecule has 0 bridgehead atoms. The molecule has 2 aromatic carbocycles. The number of amides is 1. The molecule has 20 heavy (non-hydrogen) atoms. The Balaban J connectivity index is 2.26. The first kappa shape index (κ1) is 13.8. The van der Waals surface area contributed by atoms with Gasteiger partial charge in [0.2, 0.25) is 0 Å². The first-order chi connectivity index (χ1) is 9.51. The number of hydrogen-bond donors (Lipinski definition) is 2. The van der Waals surface area contributed by atoms with Crippen molar-refractivity contribution in [1.29, 1.82) is 5.26 Å². The first-order valence-corrected chi connectivity index (χ1v) is 5.95. The highest BCUT2D eigenvalue weighted by molar-refractivity contribution is 6.31. The topological polar surface area (TPSA) is 78.9 Å². The lowest BCUT2D eigenvalue weighted by Crippen LogP contribution is -2.14. The monoisotopic (exact) mass is 289 g/mol. The maximum atomic E-state index is 12.9. The molecule has 0 heterocycles. The van der Waals surface area contributed by atoms with E-state index in [2.05, 4.69) is 5.32 Å². The van der Waals surface area contributed by atoms with Crippen molar-refractivity contribution in [1.82, 2.24) is 0 Å². The molecule has 100 valence electrons. The van der Waals surface area contributed by atoms with Crippen LogP contribution in [0.2, 0.25) is 5.02 Å². The van der Waals surface area contributed by atoms with Crippen molar-refractivity contribution in [2.45, 2.75) is 0 Å². The van der Waals surface area contributed by atoms with Gasteiger partial charge >= 0.3 is 0 Å². The van der Waals surface area contributed by atoms with Crippen LogP contribution in [0.4, 0.5) is 15.8 Å². The fourth-order valence-corrected chi connectivity index (χ4v) is 1.79. The Morgan fingerprint density at radius 2 is 2.05 bits per heavy atom. The highest BCUT2D eigenvalue weighted by atomic mass is 35.5. The smallest absolute Gasteiger partial charge is 0.257 e. The van der Waals surface area contributed by atoms with E-state index in [-0.39, 0.29) is 16.8 Å². The standard InChI is InChI=1S/C14H9ClFN3O/c15-12-4-2-10(5-8(12)7-17)19-14(20)11-3-1-9(16)6-13(11)18/h1-6H,18H2,(H,19,20). The van der Waals surface area contributed by atoms with Crippen LogP contribution < -0.4 is 11.1 Å². The van der Waals surface area contributed by atoms with Crippen LogP contribution in [0.15, 0.2) is 36.4 Å². The van der Waals surface area contributed by atoms with Crippen LogP contribution in [0.5, 0.6) is 0 Å². The molecule has 0 saturated heterocycles. The second kappa shape index (κ2) is 5.59. The van der Waals surface area contributed by atoms with Crippen LogP contribution in [-0.2, 0) is 0 Å². The Hall–Kier alpha value is -2.58. The van der Waals surface area contributed by atoms with E-state index in [1.807, 2.05) is 6.07 Å². The highest BCUT2D eigenvalue weighted by Gasteiger charge is 2.11. The molecule has 2 aromatic rings. The van der Waals surface area contributed by atoms with Gasteiger partial charge in [0.1, 0.15) is 11.9 Å². The predicted molar refractivity (Wildman–Crippen MR) is 74.9 cm³/mol. The van der Waals surface area contributed by atoms with Crippen LogP contribution >= 0.6 is 11.6 Å². The molecule has 3 N–H and O–H groups in total. The van der Waals surface area contributed by atoms with Crippen molar-refractivity contribution in [2.24, 2.45) is 0 Å². The number of nitrogens with two attached hydrogens (primary N) is 1. The Kier molecular flexibility index (Phi) is 3.87. The van der Waals surface area contributed by atoms with Gasteiger partial charge in [0.25, 0.3) is 5.91 Å². The second-order valence-corrected chi connectivity index (χ2v) is 4.40. The minimum absolute atomic E-state index is 0.0389. The molecule has 0 atom stereocenters. The minimum atomic E-state index is -0.516. The number of rotatable bonds is 2. The summed E-state index contributed by atoms with van der Waals surface area (Å²) >= 11 is 5.80. The molecule has 0 radical (unpaired) electrons. The van der Waals surface area contributed by atoms with Gasteiger partial charge in [0.05, 0.1) is 16.1 Å². The number of carbonyl (C=O) groups is 1. The third kappa shape index (κ3) is 2.87. The van der Waals surface area contributed by atoms with Gasteiger partial charge in [-0.2, -0.15) is 5.26 Å². The number of carbonyl (C=O) groups excluding carboxylic acids is 1. The molecule has 6 heteroatoms. The average Bonchev–Trinajstić information content (AvgIpc) is 2.40. The largest absolute Gasteiger partial charge is 0.398 e. The van der Waals surface area contributed by atoms with Crippen molar-refractivity contribution < 1.29 is 9.18 Å². The lowest BCUT2D eigenvalue weighted by molar-refractivity contribution is 0.102. The summed E-state index contributed by atoms with van der Waals surface area (Å²) in [5, 5.41) is 11.7. The number of hydrogen-bond acceptors (Lipinski definition) is 3. The van der Waals surface area contributed by atoms with Gasteiger partial charge in [-0.25, -0.2) is 4.39 Å². The van der Waals surface area contributed by atoms with E-state index in [1.165, 1.54) is 18.2 Å². The molecule has 0 spiro atoms. The molecule has 0 aliphatic rings. The van der Waals surface area contributed by atoms with E-state index in [1.54, 1.807) is 6.07 Å². The molecule has 0 unspecified atom stereocenters. The first-order valence-electron chi connectivity index (χ1n) is 5.57. The molecule has 0 saturated carbocycles. The van der Waals surface area contributed by atoms with E-state index >= 15 is 0 Å². The fraction of sp³-hybridized carbons (Fsp3) is 0. The van der Waals surface area contributed by atoms with Crippen LogP contribution in [-0.4, -0.2) is 5.91 Å². The predicted octanol–water partition coefficient (Wildman–Crippen LogP) is 3.19. The Morgan fingerprint density at radius 3 is 2.70 bits per heavy atom. The number of nitrogens with zero attached hydrogens (tertiary/aromatic N) is 1. The zero-order chi connectivity index (χ0) is 14.7. The summed E-state index contributed by atoms with van der Waals surface area (Å²) in [5.74, 6) is -1.01. The summed E-state index contributed by atoms with van der Waals surface area (Å²) in [4.78, 5) is 12.0. The van der Waals surface area contributed by atoms with Crippen molar-refractivity contribution >= 4 is 28.9 Å². The summed E-state index contributed by atoms with van der Waals surface area (Å²) in [7, 11) is 0. The summed E-state index contributed by atoms with van der Waals surface area (Å²) in [6.45, 7) is 0. The third-order valence-electron chi connectivity index (χ3n) is 2.60. The van der Waals surface area contributed by atoms with Crippen molar-refractivity contribution in [3.63, 3.8) is 0 Å². The number of anilines is 2. The van der Waals surface area contributed by atoms with Crippen molar-refractivity contribution in [3.8, 4) is 6.07 Å². The van der Waals surface area contributed by atoms with Crippen LogP contribution in [0.3, 0.4) is 0 Å². The molecule has 0 aliphatic heterocycles. The van der Waals surface area contributed by atoms with Crippen LogP contribution in [0.25, 0.3) is 0 Å². The van der Waals surface area contributed by atoms with Crippen LogP contribution in [0, 0.1) is 17.1 Å². The van der Waals surface area contributed by atoms with Gasteiger partial charge in [0.15, 0.2) is 0 Å². The molecule has 0 fully saturated rings. The zero-order valence-corrected chi connectivity index (χ0v) is 10.9. The van der Waals surface area contributed by atoms with E-state index in [0.29, 0.717) is 10.7 Å². The molecular formula is C14H9ClFN3O. The molecule has 0 aromatic heterocycles. The molecule has 2 rings (SSSR count). The van der Waals surface area contributed by atoms with E-state index in [4.69, 9.17) is 22.6 Å². The number of nitrogens with one attached hydrogen (secondary N) is 1. The maximum Gasteiger partial charge on any atom is 0.257 e. The molecule has 0 aliphatic carbocycles. The van der Waals surface area contributed by atoms with Gasteiger partial charge in [-0.1, -0.05) is 11.6 Å². The number of halogens is 2. The summed E-state index contributed by atoms with van der Waals surface area (Å²) in [6.07, 6.45) is 0. The van der Waals surface area contributed by atoms with Gasteiger partial charge in [-0.3, -0.25) is 4.79 Å². The Bertz CT molecular complexity index is 725. The van der Waals surface area contributed by atoms with Gasteiger partial charge < -0.3 is 11.1 Å². The van der Waals surface area contributed by atoms with E-state index in [9.17, 15) is 9.18 Å². The minimum Gasteiger partial charge on any atom is -0.398 e. The van der Waals surface area contributed by atoms with Gasteiger partial charge in [0, 0.05) is 11.4 Å². The number of benzene rings is 2. The van der Waals surface area contributed by atoms with Crippen LogP contribution in [0.1, 0.15) is 15.9 Å². The van der Waals surface area contributed by atoms with E-state index < -0.39 is 11.7 Å². The molecular weight excluding hydrogens is 281 g/mol. The summed E-state index contributed by atoms with van der Waals surface area (Å²) in [6, 6.07) is 9.92. The zero-order valence-electron chi connectivity index (χ0n) is 10.2. The SMILES string of the molecule is N#Cc1cc(NC(=O)c2ccc(F)cc2N)ccc1Cl. The second-order valence-electron chi connectivity index (χ2n) is 3.99. The molecule has 1 amide bonds. The third-order valence-corrected chi connectivity index (χ3v) is 2.93. The Labute approximate surface area is 119 Å². The van der Waals surface area contributed by atoms with Crippen molar-refractivity contribution in [2.75, 3.05) is 11.1 Å². The van der Waals surface area contributed by atoms with Crippen molar-refractivity contribution in [3.05, 3.63) is 58.4 Å². The van der Waals surface area contributed by atoms with Gasteiger partial charge in [-0.05, 0) is 36.4 Å². The summed E-state index contributed by atoms with van der Waals surface area (Å²) < 4.78 is 12.9. The average molecular weight is 290 g/mol. The summed E-state index contributed by atoms with van der Waals surface area (Å²) in [5.41, 5.74) is 6.42. The number of nitriles is 1. The number of nitrogen functional groups attached to an aromatic ring is 1. The van der Waals surface area contributed by atoms with Gasteiger partial charge in [-0.15, -0.1) is 0 Å². The lowest BCUT2D eigenvalue weighted by atomic mass is 10.1. The molecule has 4 nitrogen and oxygen atoms in total. The lowest BCUT2D eigenvalue weighted by Gasteiger charge is -2.08. The highest BCUT2D eigenvalue weighted by Crippen LogP contribution is 2.21.